The zero-order valence-corrected chi connectivity index (χ0v) is 15.8. The minimum Gasteiger partial charge on any atom is -0.545 e. The molecule has 0 aliphatic heterocycles. The van der Waals surface area contributed by atoms with Gasteiger partial charge in [0, 0.05) is 18.2 Å². The molecule has 0 fully saturated rings. The first-order valence-corrected chi connectivity index (χ1v) is 6.53. The zero-order valence-electron chi connectivity index (χ0n) is 12.7. The van der Waals surface area contributed by atoms with Crippen LogP contribution in [0.3, 0.4) is 0 Å². The van der Waals surface area contributed by atoms with Crippen LogP contribution in [0.15, 0.2) is 36.4 Å². The van der Waals surface area contributed by atoms with Gasteiger partial charge in [-0.05, 0) is 12.1 Å². The van der Waals surface area contributed by atoms with Gasteiger partial charge in [0.1, 0.15) is 5.82 Å². The zero-order chi connectivity index (χ0) is 15.7. The minimum atomic E-state index is -1.25. The fourth-order valence-electron chi connectivity index (χ4n) is 2.25. The van der Waals surface area contributed by atoms with Crippen molar-refractivity contribution in [3.8, 4) is 11.3 Å². The van der Waals surface area contributed by atoms with E-state index in [0.29, 0.717) is 28.1 Å². The average molecular weight is 333 g/mol. The Morgan fingerprint density at radius 2 is 1.87 bits per heavy atom. The molecule has 2 aromatic heterocycles. The van der Waals surface area contributed by atoms with Crippen molar-refractivity contribution < 1.29 is 61.3 Å². The second-order valence-corrected chi connectivity index (χ2v) is 4.58. The molecule has 3 N–H and O–H groups in total. The molecular weight excluding hydrogens is 321 g/mol. The number of carbonyl (C=O) groups is 1. The molecule has 2 heterocycles. The molecule has 7 nitrogen and oxygen atoms in total. The number of carboxylic acid groups (broad SMARTS) is 1. The van der Waals surface area contributed by atoms with Gasteiger partial charge >= 0.3 is 51.4 Å². The van der Waals surface area contributed by atoms with E-state index < -0.39 is 5.97 Å². The van der Waals surface area contributed by atoms with Crippen LogP contribution in [0.5, 0.6) is 0 Å². The summed E-state index contributed by atoms with van der Waals surface area (Å²) in [4.78, 5) is 23.8. The first-order valence-electron chi connectivity index (χ1n) is 6.53. The molecule has 0 spiro atoms. The molecule has 0 atom stereocenters. The van der Waals surface area contributed by atoms with Crippen LogP contribution in [0.4, 0.5) is 11.8 Å². The number of nitrogens with two attached hydrogens (primary N) is 1. The Morgan fingerprint density at radius 3 is 2.57 bits per heavy atom. The first kappa shape index (κ1) is 17.8. The number of aromatic carboxylic acids is 1. The largest absolute Gasteiger partial charge is 1.00 e. The van der Waals surface area contributed by atoms with Crippen LogP contribution in [0, 0.1) is 0 Å². The molecule has 0 unspecified atom stereocenters. The summed E-state index contributed by atoms with van der Waals surface area (Å²) in [6.45, 7) is 0. The molecule has 110 valence electrons. The van der Waals surface area contributed by atoms with Gasteiger partial charge < -0.3 is 21.0 Å². The summed E-state index contributed by atoms with van der Waals surface area (Å²) in [5.74, 6) is -0.597. The van der Waals surface area contributed by atoms with Crippen molar-refractivity contribution >= 4 is 28.8 Å². The van der Waals surface area contributed by atoms with E-state index in [9.17, 15) is 9.90 Å². The van der Waals surface area contributed by atoms with Crippen molar-refractivity contribution in [2.45, 2.75) is 0 Å². The van der Waals surface area contributed by atoms with Crippen molar-refractivity contribution in [1.82, 2.24) is 15.0 Å². The van der Waals surface area contributed by atoms with Crippen LogP contribution in [0.25, 0.3) is 22.3 Å². The number of pyridine rings is 1. The Morgan fingerprint density at radius 1 is 1.13 bits per heavy atom. The van der Waals surface area contributed by atoms with Gasteiger partial charge in [0.05, 0.1) is 17.0 Å². The molecule has 0 bridgehead atoms. The van der Waals surface area contributed by atoms with Gasteiger partial charge in [0.2, 0.25) is 5.95 Å². The number of carboxylic acids is 1. The van der Waals surface area contributed by atoms with Crippen molar-refractivity contribution in [2.24, 2.45) is 0 Å². The smallest absolute Gasteiger partial charge is 0.545 e. The fraction of sp³-hybridized carbons (Fsp3) is 0.0667. The summed E-state index contributed by atoms with van der Waals surface area (Å²) in [6, 6.07) is 10.0. The molecule has 3 aromatic rings. The Labute approximate surface area is 174 Å². The van der Waals surface area contributed by atoms with E-state index in [4.69, 9.17) is 5.73 Å². The van der Waals surface area contributed by atoms with Gasteiger partial charge in [-0.1, -0.05) is 24.3 Å². The van der Waals surface area contributed by atoms with Gasteiger partial charge in [-0.3, -0.25) is 0 Å². The maximum absolute atomic E-state index is 11.2. The molecule has 0 saturated heterocycles. The van der Waals surface area contributed by atoms with Gasteiger partial charge in [-0.2, -0.15) is 9.97 Å². The average Bonchev–Trinajstić information content (AvgIpc) is 2.53. The number of nitrogens with one attached hydrogen (secondary N) is 1. The summed E-state index contributed by atoms with van der Waals surface area (Å²) in [7, 11) is 1.72. The summed E-state index contributed by atoms with van der Waals surface area (Å²) in [5.41, 5.74) is 7.07. The molecule has 3 rings (SSSR count). The standard InChI is InChI=1S/C15H13N5O2.K/c1-17-12-10-6-7-11(18-13(10)20-15(16)19-12)8-4-2-3-5-9(8)14(21)22;/h2-7H,1H3,(H,21,22)(H3,16,17,18,19,20);/q;+1/p-1. The summed E-state index contributed by atoms with van der Waals surface area (Å²) in [5, 5.41) is 14.8. The number of fused-ring (bicyclic) bond motifs is 1. The van der Waals surface area contributed by atoms with E-state index in [2.05, 4.69) is 20.3 Å². The fourth-order valence-corrected chi connectivity index (χ4v) is 2.25. The van der Waals surface area contributed by atoms with Crippen molar-refractivity contribution in [3.05, 3.63) is 42.0 Å². The van der Waals surface area contributed by atoms with E-state index in [-0.39, 0.29) is 62.9 Å². The van der Waals surface area contributed by atoms with E-state index >= 15 is 0 Å². The third kappa shape index (κ3) is 3.51. The van der Waals surface area contributed by atoms with Crippen molar-refractivity contribution in [3.63, 3.8) is 0 Å². The number of hydrogen-bond acceptors (Lipinski definition) is 7. The van der Waals surface area contributed by atoms with Crippen molar-refractivity contribution in [2.75, 3.05) is 18.1 Å². The van der Waals surface area contributed by atoms with E-state index in [1.54, 1.807) is 37.4 Å². The maximum Gasteiger partial charge on any atom is 1.00 e. The molecule has 0 radical (unpaired) electrons. The van der Waals surface area contributed by atoms with Crippen LogP contribution in [0.2, 0.25) is 0 Å². The Hall–Kier alpha value is -1.58. The minimum absolute atomic E-state index is 0. The Bertz CT molecular complexity index is 885. The van der Waals surface area contributed by atoms with Crippen molar-refractivity contribution in [1.29, 1.82) is 0 Å². The monoisotopic (exact) mass is 333 g/mol. The van der Waals surface area contributed by atoms with Gasteiger partial charge in [-0.25, -0.2) is 4.98 Å². The van der Waals surface area contributed by atoms with E-state index in [0.717, 1.165) is 0 Å². The molecule has 0 saturated carbocycles. The normalized spacial score (nSPS) is 10.1. The number of nitrogen functional groups attached to an aromatic ring is 1. The van der Waals surface area contributed by atoms with Gasteiger partial charge in [0.25, 0.3) is 0 Å². The maximum atomic E-state index is 11.2. The SMILES string of the molecule is CNc1nc(N)nc2nc(-c3ccccc3C(=O)[O-])ccc12.[K+]. The predicted molar refractivity (Wildman–Crippen MR) is 81.1 cm³/mol. The number of anilines is 2. The first-order chi connectivity index (χ1) is 10.6. The molecule has 23 heavy (non-hydrogen) atoms. The van der Waals surface area contributed by atoms with E-state index in [1.807, 2.05) is 0 Å². The quantitative estimate of drug-likeness (QED) is 0.517. The van der Waals surface area contributed by atoms with Crippen LogP contribution >= 0.6 is 0 Å². The molecule has 1 aromatic carbocycles. The summed E-state index contributed by atoms with van der Waals surface area (Å²) in [6.07, 6.45) is 0. The molecular formula is C15H12KN5O2. The van der Waals surface area contributed by atoms with Gasteiger partial charge in [0.15, 0.2) is 5.65 Å². The van der Waals surface area contributed by atoms with Crippen LogP contribution in [-0.2, 0) is 0 Å². The number of rotatable bonds is 3. The second kappa shape index (κ2) is 7.32. The molecule has 0 aliphatic carbocycles. The second-order valence-electron chi connectivity index (χ2n) is 4.58. The van der Waals surface area contributed by atoms with Crippen LogP contribution in [0.1, 0.15) is 10.4 Å². The Kier molecular flexibility index (Phi) is 5.66. The van der Waals surface area contributed by atoms with Gasteiger partial charge in [-0.15, -0.1) is 0 Å². The number of hydrogen-bond donors (Lipinski definition) is 2. The molecule has 0 aliphatic rings. The predicted octanol–water partition coefficient (Wildman–Crippen LogP) is -2.32. The number of carbonyl (C=O) groups excluding carboxylic acids is 1. The number of nitrogens with zero attached hydrogens (tertiary/aromatic N) is 3. The summed E-state index contributed by atoms with van der Waals surface area (Å²) >= 11 is 0. The molecule has 8 heteroatoms. The van der Waals surface area contributed by atoms with Crippen LogP contribution in [-0.4, -0.2) is 28.0 Å². The third-order valence-corrected chi connectivity index (χ3v) is 3.24. The Balaban J connectivity index is 0.00000192. The number of benzene rings is 1. The third-order valence-electron chi connectivity index (χ3n) is 3.24. The van der Waals surface area contributed by atoms with E-state index in [1.165, 1.54) is 6.07 Å². The number of aromatic nitrogens is 3. The summed E-state index contributed by atoms with van der Waals surface area (Å²) < 4.78 is 0. The molecule has 0 amide bonds. The van der Waals surface area contributed by atoms with Crippen LogP contribution < -0.4 is 67.5 Å². The topological polar surface area (TPSA) is 117 Å².